The van der Waals surface area contributed by atoms with Crippen molar-refractivity contribution in [1.29, 1.82) is 0 Å². The number of nitrogens with zero attached hydrogens (tertiary/aromatic N) is 1. The van der Waals surface area contributed by atoms with Crippen molar-refractivity contribution in [3.63, 3.8) is 0 Å². The molecule has 0 aliphatic heterocycles. The van der Waals surface area contributed by atoms with Crippen LogP contribution in [0.5, 0.6) is 0 Å². The van der Waals surface area contributed by atoms with E-state index < -0.39 is 25.2 Å². The molecule has 0 bridgehead atoms. The van der Waals surface area contributed by atoms with Gasteiger partial charge in [0.2, 0.25) is 0 Å². The minimum absolute atomic E-state index is 0.136. The SMILES string of the molecule is O=C(Cc1ccc2ccccc2n1)OCCC(F)(F)F. The summed E-state index contributed by atoms with van der Waals surface area (Å²) in [4.78, 5) is 15.7. The number of esters is 1. The third-order valence-corrected chi connectivity index (χ3v) is 2.63. The van der Waals surface area contributed by atoms with Gasteiger partial charge in [-0.15, -0.1) is 0 Å². The molecule has 0 radical (unpaired) electrons. The summed E-state index contributed by atoms with van der Waals surface area (Å²) in [5.74, 6) is -0.711. The van der Waals surface area contributed by atoms with Gasteiger partial charge in [0, 0.05) is 5.39 Å². The van der Waals surface area contributed by atoms with Crippen LogP contribution in [0.25, 0.3) is 10.9 Å². The van der Waals surface area contributed by atoms with E-state index in [4.69, 9.17) is 0 Å². The maximum Gasteiger partial charge on any atom is 0.392 e. The summed E-state index contributed by atoms with van der Waals surface area (Å²) in [6.07, 6.45) is -5.59. The highest BCUT2D eigenvalue weighted by Gasteiger charge is 2.27. The van der Waals surface area contributed by atoms with E-state index in [2.05, 4.69) is 9.72 Å². The smallest absolute Gasteiger partial charge is 0.392 e. The number of pyridine rings is 1. The predicted octanol–water partition coefficient (Wildman–Crippen LogP) is 3.27. The Bertz CT molecular complexity index is 611. The number of carbonyl (C=O) groups is 1. The van der Waals surface area contributed by atoms with Crippen LogP contribution in [0.2, 0.25) is 0 Å². The van der Waals surface area contributed by atoms with Gasteiger partial charge in [0.05, 0.1) is 30.7 Å². The van der Waals surface area contributed by atoms with Crippen LogP contribution in [0.15, 0.2) is 36.4 Å². The third kappa shape index (κ3) is 4.22. The molecule has 0 saturated carbocycles. The van der Waals surface area contributed by atoms with Crippen LogP contribution < -0.4 is 0 Å². The molecule has 0 saturated heterocycles. The second-order valence-corrected chi connectivity index (χ2v) is 4.26. The summed E-state index contributed by atoms with van der Waals surface area (Å²) in [6.45, 7) is -0.657. The molecule has 0 N–H and O–H groups in total. The lowest BCUT2D eigenvalue weighted by Crippen LogP contribution is -2.16. The average Bonchev–Trinajstić information content (AvgIpc) is 2.37. The third-order valence-electron chi connectivity index (χ3n) is 2.63. The van der Waals surface area contributed by atoms with Crippen molar-refractivity contribution >= 4 is 16.9 Å². The zero-order chi connectivity index (χ0) is 14.6. The Morgan fingerprint density at radius 3 is 2.65 bits per heavy atom. The van der Waals surface area contributed by atoms with Gasteiger partial charge < -0.3 is 4.74 Å². The molecule has 3 nitrogen and oxygen atoms in total. The lowest BCUT2D eigenvalue weighted by molar-refractivity contribution is -0.158. The van der Waals surface area contributed by atoms with Gasteiger partial charge in [-0.2, -0.15) is 13.2 Å². The van der Waals surface area contributed by atoms with E-state index in [-0.39, 0.29) is 6.42 Å². The quantitative estimate of drug-likeness (QED) is 0.808. The molecule has 0 aliphatic rings. The molecule has 6 heteroatoms. The van der Waals surface area contributed by atoms with E-state index in [0.717, 1.165) is 10.9 Å². The van der Waals surface area contributed by atoms with E-state index in [9.17, 15) is 18.0 Å². The van der Waals surface area contributed by atoms with E-state index in [1.807, 2.05) is 18.2 Å². The van der Waals surface area contributed by atoms with Gasteiger partial charge in [-0.3, -0.25) is 9.78 Å². The first-order chi connectivity index (χ1) is 9.44. The number of ether oxygens (including phenoxy) is 1. The number of halogens is 3. The molecule has 0 spiro atoms. The molecule has 0 atom stereocenters. The Hall–Kier alpha value is -2.11. The lowest BCUT2D eigenvalue weighted by Gasteiger charge is -2.07. The molecular weight excluding hydrogens is 271 g/mol. The molecule has 0 fully saturated rings. The molecular formula is C14H12F3NO2. The average molecular weight is 283 g/mol. The summed E-state index contributed by atoms with van der Waals surface area (Å²) >= 11 is 0. The topological polar surface area (TPSA) is 39.2 Å². The van der Waals surface area contributed by atoms with Gasteiger partial charge in [-0.1, -0.05) is 24.3 Å². The first-order valence-electron chi connectivity index (χ1n) is 6.01. The normalized spacial score (nSPS) is 11.6. The Morgan fingerprint density at radius 2 is 1.90 bits per heavy atom. The van der Waals surface area contributed by atoms with Crippen molar-refractivity contribution in [2.75, 3.05) is 6.61 Å². The number of carbonyl (C=O) groups excluding carboxylic acids is 1. The fraction of sp³-hybridized carbons (Fsp3) is 0.286. The fourth-order valence-corrected chi connectivity index (χ4v) is 1.69. The molecule has 106 valence electrons. The molecule has 1 aromatic carbocycles. The van der Waals surface area contributed by atoms with Crippen molar-refractivity contribution in [3.05, 3.63) is 42.1 Å². The molecule has 0 amide bonds. The summed E-state index contributed by atoms with van der Waals surface area (Å²) in [6, 6.07) is 10.8. The highest BCUT2D eigenvalue weighted by molar-refractivity contribution is 5.79. The number of hydrogen-bond donors (Lipinski definition) is 0. The van der Waals surface area contributed by atoms with E-state index in [1.165, 1.54) is 0 Å². The highest BCUT2D eigenvalue weighted by atomic mass is 19.4. The Labute approximate surface area is 113 Å². The van der Waals surface area contributed by atoms with Gasteiger partial charge in [0.1, 0.15) is 0 Å². The summed E-state index contributed by atoms with van der Waals surface area (Å²) in [7, 11) is 0. The standard InChI is InChI=1S/C14H12F3NO2/c15-14(16,17)7-8-20-13(19)9-11-6-5-10-3-1-2-4-12(10)18-11/h1-6H,7-9H2. The molecule has 20 heavy (non-hydrogen) atoms. The van der Waals surface area contributed by atoms with Gasteiger partial charge in [-0.05, 0) is 12.1 Å². The number of aromatic nitrogens is 1. The Kier molecular flexibility index (Phi) is 4.22. The first-order valence-corrected chi connectivity index (χ1v) is 6.01. The fourth-order valence-electron chi connectivity index (χ4n) is 1.69. The highest BCUT2D eigenvalue weighted by Crippen LogP contribution is 2.19. The molecule has 1 aromatic heterocycles. The van der Waals surface area contributed by atoms with Gasteiger partial charge in [0.15, 0.2) is 0 Å². The number of hydrogen-bond acceptors (Lipinski definition) is 3. The maximum atomic E-state index is 11.9. The van der Waals surface area contributed by atoms with Crippen molar-refractivity contribution in [2.45, 2.75) is 19.0 Å². The van der Waals surface area contributed by atoms with Crippen molar-refractivity contribution in [3.8, 4) is 0 Å². The molecule has 0 aliphatic carbocycles. The summed E-state index contributed by atoms with van der Waals surface area (Å²) in [5, 5.41) is 0.932. The van der Waals surface area contributed by atoms with Crippen LogP contribution in [-0.2, 0) is 16.0 Å². The second kappa shape index (κ2) is 5.90. The van der Waals surface area contributed by atoms with Crippen molar-refractivity contribution in [2.24, 2.45) is 0 Å². The van der Waals surface area contributed by atoms with Crippen molar-refractivity contribution < 1.29 is 22.7 Å². The number of alkyl halides is 3. The van der Waals surface area contributed by atoms with Crippen LogP contribution >= 0.6 is 0 Å². The minimum atomic E-state index is -4.32. The van der Waals surface area contributed by atoms with E-state index in [0.29, 0.717) is 5.69 Å². The van der Waals surface area contributed by atoms with Crippen LogP contribution in [0.1, 0.15) is 12.1 Å². The largest absolute Gasteiger partial charge is 0.465 e. The first kappa shape index (κ1) is 14.3. The summed E-state index contributed by atoms with van der Waals surface area (Å²) < 4.78 is 40.2. The van der Waals surface area contributed by atoms with Crippen LogP contribution in [0.4, 0.5) is 13.2 Å². The minimum Gasteiger partial charge on any atom is -0.465 e. The monoisotopic (exact) mass is 283 g/mol. The molecule has 2 aromatic rings. The number of rotatable bonds is 4. The number of benzene rings is 1. The zero-order valence-electron chi connectivity index (χ0n) is 10.5. The molecule has 1 heterocycles. The number of fused-ring (bicyclic) bond motifs is 1. The van der Waals surface area contributed by atoms with Gasteiger partial charge >= 0.3 is 12.1 Å². The van der Waals surface area contributed by atoms with E-state index in [1.54, 1.807) is 18.2 Å². The maximum absolute atomic E-state index is 11.9. The van der Waals surface area contributed by atoms with Crippen LogP contribution in [-0.4, -0.2) is 23.7 Å². The van der Waals surface area contributed by atoms with Gasteiger partial charge in [-0.25, -0.2) is 0 Å². The van der Waals surface area contributed by atoms with Crippen LogP contribution in [0.3, 0.4) is 0 Å². The predicted molar refractivity (Wildman–Crippen MR) is 67.1 cm³/mol. The van der Waals surface area contributed by atoms with Crippen LogP contribution in [0, 0.1) is 0 Å². The zero-order valence-corrected chi connectivity index (χ0v) is 10.5. The lowest BCUT2D eigenvalue weighted by atomic mass is 10.2. The Balaban J connectivity index is 1.92. The second-order valence-electron chi connectivity index (χ2n) is 4.26. The molecule has 0 unspecified atom stereocenters. The molecule has 2 rings (SSSR count). The summed E-state index contributed by atoms with van der Waals surface area (Å²) in [5.41, 5.74) is 1.20. The van der Waals surface area contributed by atoms with Gasteiger partial charge in [0.25, 0.3) is 0 Å². The van der Waals surface area contributed by atoms with Crippen molar-refractivity contribution in [1.82, 2.24) is 4.98 Å². The number of para-hydroxylation sites is 1. The van der Waals surface area contributed by atoms with E-state index >= 15 is 0 Å². The Morgan fingerprint density at radius 1 is 1.15 bits per heavy atom.